The second-order valence-corrected chi connectivity index (χ2v) is 6.54. The van der Waals surface area contributed by atoms with Crippen LogP contribution < -0.4 is 5.32 Å². The van der Waals surface area contributed by atoms with Gasteiger partial charge in [0.15, 0.2) is 0 Å². The standard InChI is InChI=1S/C16H19Cl2N3/c1-3-21-14(15(18)11(2)20-21)8-16(9-19-10-16)12-4-6-13(17)7-5-12/h4-7,19H,3,8-10H2,1-2H3. The molecule has 1 N–H and O–H groups in total. The maximum Gasteiger partial charge on any atom is 0.0847 e. The van der Waals surface area contributed by atoms with Crippen molar-refractivity contribution >= 4 is 23.2 Å². The molecule has 0 radical (unpaired) electrons. The molecular weight excluding hydrogens is 305 g/mol. The van der Waals surface area contributed by atoms with Gasteiger partial charge in [-0.2, -0.15) is 5.10 Å². The highest BCUT2D eigenvalue weighted by Crippen LogP contribution is 2.35. The number of halogens is 2. The van der Waals surface area contributed by atoms with Gasteiger partial charge in [-0.1, -0.05) is 35.3 Å². The quantitative estimate of drug-likeness (QED) is 0.931. The van der Waals surface area contributed by atoms with Gasteiger partial charge >= 0.3 is 0 Å². The molecule has 1 aliphatic rings. The van der Waals surface area contributed by atoms with E-state index in [2.05, 4.69) is 29.5 Å². The molecule has 3 nitrogen and oxygen atoms in total. The Bertz CT molecular complexity index is 642. The van der Waals surface area contributed by atoms with E-state index in [0.717, 1.165) is 47.5 Å². The van der Waals surface area contributed by atoms with Crippen molar-refractivity contribution in [1.82, 2.24) is 15.1 Å². The minimum Gasteiger partial charge on any atom is -0.315 e. The van der Waals surface area contributed by atoms with Gasteiger partial charge in [0, 0.05) is 36.5 Å². The Morgan fingerprint density at radius 1 is 1.24 bits per heavy atom. The van der Waals surface area contributed by atoms with E-state index in [9.17, 15) is 0 Å². The second-order valence-electron chi connectivity index (χ2n) is 5.73. The van der Waals surface area contributed by atoms with Crippen molar-refractivity contribution in [2.45, 2.75) is 32.2 Å². The van der Waals surface area contributed by atoms with Crippen molar-refractivity contribution in [3.63, 3.8) is 0 Å². The molecule has 2 aromatic rings. The summed E-state index contributed by atoms with van der Waals surface area (Å²) < 4.78 is 2.02. The van der Waals surface area contributed by atoms with E-state index in [4.69, 9.17) is 23.2 Å². The molecule has 3 rings (SSSR count). The first kappa shape index (κ1) is 14.9. The van der Waals surface area contributed by atoms with E-state index in [-0.39, 0.29) is 5.41 Å². The highest BCUT2D eigenvalue weighted by atomic mass is 35.5. The Morgan fingerprint density at radius 2 is 1.90 bits per heavy atom. The highest BCUT2D eigenvalue weighted by Gasteiger charge is 2.40. The van der Waals surface area contributed by atoms with E-state index in [1.165, 1.54) is 5.56 Å². The molecular formula is C16H19Cl2N3. The van der Waals surface area contributed by atoms with Crippen LogP contribution in [0.2, 0.25) is 10.0 Å². The van der Waals surface area contributed by atoms with Crippen LogP contribution in [0.1, 0.15) is 23.9 Å². The topological polar surface area (TPSA) is 29.9 Å². The minimum atomic E-state index is 0.0909. The fourth-order valence-electron chi connectivity index (χ4n) is 3.02. The van der Waals surface area contributed by atoms with Gasteiger partial charge in [-0.25, -0.2) is 0 Å². The normalized spacial score (nSPS) is 16.8. The highest BCUT2D eigenvalue weighted by molar-refractivity contribution is 6.32. The van der Waals surface area contributed by atoms with Gasteiger partial charge in [0.05, 0.1) is 16.4 Å². The van der Waals surface area contributed by atoms with Crippen LogP contribution in [0.4, 0.5) is 0 Å². The Balaban J connectivity index is 1.96. The zero-order valence-electron chi connectivity index (χ0n) is 12.3. The van der Waals surface area contributed by atoms with Gasteiger partial charge in [0.25, 0.3) is 0 Å². The van der Waals surface area contributed by atoms with Crippen LogP contribution in [0.3, 0.4) is 0 Å². The van der Waals surface area contributed by atoms with E-state index in [1.807, 2.05) is 23.7 Å². The summed E-state index contributed by atoms with van der Waals surface area (Å²) in [6.45, 7) is 6.82. The molecule has 5 heteroatoms. The molecule has 0 bridgehead atoms. The third kappa shape index (κ3) is 2.59. The van der Waals surface area contributed by atoms with Crippen molar-refractivity contribution < 1.29 is 0 Å². The molecule has 1 aromatic carbocycles. The summed E-state index contributed by atoms with van der Waals surface area (Å²) in [6.07, 6.45) is 0.898. The van der Waals surface area contributed by atoms with Crippen LogP contribution in [-0.2, 0) is 18.4 Å². The Morgan fingerprint density at radius 3 is 2.43 bits per heavy atom. The zero-order valence-corrected chi connectivity index (χ0v) is 13.8. The molecule has 0 atom stereocenters. The molecule has 0 aliphatic carbocycles. The predicted octanol–water partition coefficient (Wildman–Crippen LogP) is 3.60. The van der Waals surface area contributed by atoms with Gasteiger partial charge in [-0.15, -0.1) is 0 Å². The lowest BCUT2D eigenvalue weighted by Gasteiger charge is -2.43. The maximum atomic E-state index is 6.47. The van der Waals surface area contributed by atoms with Crippen LogP contribution >= 0.6 is 23.2 Å². The third-order valence-corrected chi connectivity index (χ3v) is 5.09. The number of nitrogens with one attached hydrogen (secondary N) is 1. The van der Waals surface area contributed by atoms with Crippen LogP contribution in [-0.4, -0.2) is 22.9 Å². The Hall–Kier alpha value is -1.03. The van der Waals surface area contributed by atoms with Crippen molar-refractivity contribution in [2.24, 2.45) is 0 Å². The molecule has 112 valence electrons. The summed E-state index contributed by atoms with van der Waals surface area (Å²) in [5.41, 5.74) is 3.44. The fourth-order valence-corrected chi connectivity index (χ4v) is 3.35. The molecule has 1 saturated heterocycles. The van der Waals surface area contributed by atoms with Gasteiger partial charge in [-0.3, -0.25) is 4.68 Å². The predicted molar refractivity (Wildman–Crippen MR) is 87.4 cm³/mol. The SMILES string of the molecule is CCn1nc(C)c(Cl)c1CC1(c2ccc(Cl)cc2)CNC1. The lowest BCUT2D eigenvalue weighted by molar-refractivity contribution is 0.269. The van der Waals surface area contributed by atoms with E-state index >= 15 is 0 Å². The first-order valence-corrected chi connectivity index (χ1v) is 8.00. The van der Waals surface area contributed by atoms with E-state index < -0.39 is 0 Å². The zero-order chi connectivity index (χ0) is 15.0. The summed E-state index contributed by atoms with van der Waals surface area (Å²) in [4.78, 5) is 0. The number of rotatable bonds is 4. The summed E-state index contributed by atoms with van der Waals surface area (Å²) in [6, 6.07) is 8.16. The number of benzene rings is 1. The van der Waals surface area contributed by atoms with Crippen LogP contribution in [0.15, 0.2) is 24.3 Å². The van der Waals surface area contributed by atoms with Crippen molar-refractivity contribution in [2.75, 3.05) is 13.1 Å². The number of nitrogens with zero attached hydrogens (tertiary/aromatic N) is 2. The maximum absolute atomic E-state index is 6.47. The third-order valence-electron chi connectivity index (χ3n) is 4.34. The molecule has 21 heavy (non-hydrogen) atoms. The van der Waals surface area contributed by atoms with Crippen molar-refractivity contribution in [1.29, 1.82) is 0 Å². The number of hydrogen-bond acceptors (Lipinski definition) is 2. The lowest BCUT2D eigenvalue weighted by Crippen LogP contribution is -2.58. The second kappa shape index (κ2) is 5.64. The largest absolute Gasteiger partial charge is 0.315 e. The minimum absolute atomic E-state index is 0.0909. The molecule has 0 saturated carbocycles. The van der Waals surface area contributed by atoms with Crippen LogP contribution in [0.25, 0.3) is 0 Å². The molecule has 0 spiro atoms. The molecule has 1 aliphatic heterocycles. The molecule has 0 amide bonds. The average Bonchev–Trinajstić information content (AvgIpc) is 2.71. The summed E-state index contributed by atoms with van der Waals surface area (Å²) in [5, 5.41) is 9.49. The number of hydrogen-bond donors (Lipinski definition) is 1. The Labute approximate surface area is 135 Å². The summed E-state index contributed by atoms with van der Waals surface area (Å²) >= 11 is 12.5. The van der Waals surface area contributed by atoms with E-state index in [1.54, 1.807) is 0 Å². The van der Waals surface area contributed by atoms with Crippen molar-refractivity contribution in [3.05, 3.63) is 51.3 Å². The van der Waals surface area contributed by atoms with Crippen LogP contribution in [0.5, 0.6) is 0 Å². The molecule has 1 fully saturated rings. The van der Waals surface area contributed by atoms with Gasteiger partial charge < -0.3 is 5.32 Å². The summed E-state index contributed by atoms with van der Waals surface area (Å²) in [7, 11) is 0. The molecule has 2 heterocycles. The lowest BCUT2D eigenvalue weighted by atomic mass is 9.72. The molecule has 1 aromatic heterocycles. The smallest absolute Gasteiger partial charge is 0.0847 e. The summed E-state index contributed by atoms with van der Waals surface area (Å²) in [5.74, 6) is 0. The van der Waals surface area contributed by atoms with Gasteiger partial charge in [0.1, 0.15) is 0 Å². The van der Waals surface area contributed by atoms with Crippen LogP contribution in [0, 0.1) is 6.92 Å². The fraction of sp³-hybridized carbons (Fsp3) is 0.438. The van der Waals surface area contributed by atoms with E-state index in [0.29, 0.717) is 0 Å². The van der Waals surface area contributed by atoms with Crippen molar-refractivity contribution in [3.8, 4) is 0 Å². The Kier molecular flexibility index (Phi) is 4.00. The monoisotopic (exact) mass is 323 g/mol. The van der Waals surface area contributed by atoms with Gasteiger partial charge in [0.2, 0.25) is 0 Å². The average molecular weight is 324 g/mol. The first-order chi connectivity index (χ1) is 10.1. The molecule has 0 unspecified atom stereocenters. The first-order valence-electron chi connectivity index (χ1n) is 7.24. The van der Waals surface area contributed by atoms with Gasteiger partial charge in [-0.05, 0) is 31.5 Å². The number of aryl methyl sites for hydroxylation is 2. The number of aromatic nitrogens is 2.